The molecule has 1 aliphatic heterocycles. The molecule has 0 spiro atoms. The summed E-state index contributed by atoms with van der Waals surface area (Å²) in [5.41, 5.74) is 2.12. The highest BCUT2D eigenvalue weighted by atomic mass is 16.6. The van der Waals surface area contributed by atoms with Gasteiger partial charge in [0.2, 0.25) is 0 Å². The van der Waals surface area contributed by atoms with Gasteiger partial charge in [0, 0.05) is 13.2 Å². The number of likely N-dealkylation sites (N-methyl/N-ethyl adjacent to an activating group) is 1. The van der Waals surface area contributed by atoms with E-state index in [1.807, 2.05) is 66.7 Å². The maximum atomic E-state index is 12.3. The Kier molecular flexibility index (Phi) is 3.84. The van der Waals surface area contributed by atoms with Crippen LogP contribution in [0.2, 0.25) is 0 Å². The lowest BCUT2D eigenvalue weighted by Gasteiger charge is -2.10. The molecule has 0 N–H and O–H groups in total. The van der Waals surface area contributed by atoms with E-state index in [0.717, 1.165) is 11.1 Å². The van der Waals surface area contributed by atoms with Gasteiger partial charge in [-0.3, -0.25) is 4.79 Å². The van der Waals surface area contributed by atoms with Gasteiger partial charge in [0.05, 0.1) is 0 Å². The molecule has 2 aromatic rings. The Hall–Kier alpha value is -2.39. The summed E-state index contributed by atoms with van der Waals surface area (Å²) >= 11 is 0. The first-order valence-corrected chi connectivity index (χ1v) is 6.96. The number of epoxide rings is 1. The smallest absolute Gasteiger partial charge is 0.258 e. The first-order chi connectivity index (χ1) is 10.3. The molecule has 1 amide bonds. The summed E-state index contributed by atoms with van der Waals surface area (Å²) in [5.74, 6) is -0.0176. The Morgan fingerprint density at radius 2 is 1.67 bits per heavy atom. The molecular weight excluding hydrogens is 262 g/mol. The van der Waals surface area contributed by atoms with Crippen LogP contribution in [-0.2, 0) is 9.53 Å². The lowest BCUT2D eigenvalue weighted by Crippen LogP contribution is -2.26. The number of carbonyl (C=O) groups is 1. The van der Waals surface area contributed by atoms with Gasteiger partial charge in [-0.25, -0.2) is 0 Å². The summed E-state index contributed by atoms with van der Waals surface area (Å²) in [6.07, 6.45) is 3.23. The third-order valence-corrected chi connectivity index (χ3v) is 3.50. The molecule has 1 saturated heterocycles. The van der Waals surface area contributed by atoms with Crippen LogP contribution in [-0.4, -0.2) is 24.0 Å². The molecular formula is C18H17NO2. The average molecular weight is 279 g/mol. The van der Waals surface area contributed by atoms with Gasteiger partial charge in [-0.05, 0) is 17.2 Å². The molecule has 0 aliphatic carbocycles. The SMILES string of the molecule is CN(/C=C\c1ccccc1)C(=O)[C@@H]1O[C@H]1c1ccccc1. The van der Waals surface area contributed by atoms with E-state index in [9.17, 15) is 4.79 Å². The molecule has 0 bridgehead atoms. The predicted octanol–water partition coefficient (Wildman–Crippen LogP) is 3.26. The molecule has 0 radical (unpaired) electrons. The molecule has 2 aromatic carbocycles. The first kappa shape index (κ1) is 13.6. The van der Waals surface area contributed by atoms with Crippen molar-refractivity contribution in [3.63, 3.8) is 0 Å². The van der Waals surface area contributed by atoms with Crippen LogP contribution in [0.1, 0.15) is 17.2 Å². The maximum absolute atomic E-state index is 12.3. The highest BCUT2D eigenvalue weighted by molar-refractivity contribution is 5.85. The van der Waals surface area contributed by atoms with E-state index in [0.29, 0.717) is 0 Å². The van der Waals surface area contributed by atoms with Crippen LogP contribution < -0.4 is 0 Å². The van der Waals surface area contributed by atoms with Gasteiger partial charge in [-0.2, -0.15) is 0 Å². The zero-order valence-corrected chi connectivity index (χ0v) is 11.8. The van der Waals surface area contributed by atoms with E-state index in [4.69, 9.17) is 4.74 Å². The Labute approximate surface area is 124 Å². The molecule has 106 valence electrons. The van der Waals surface area contributed by atoms with Gasteiger partial charge in [0.25, 0.3) is 5.91 Å². The Bertz CT molecular complexity index is 637. The quantitative estimate of drug-likeness (QED) is 0.805. The van der Waals surface area contributed by atoms with Gasteiger partial charge in [0.1, 0.15) is 6.10 Å². The fourth-order valence-corrected chi connectivity index (χ4v) is 2.23. The third-order valence-electron chi connectivity index (χ3n) is 3.50. The number of amides is 1. The number of ether oxygens (including phenoxy) is 1. The van der Waals surface area contributed by atoms with Crippen LogP contribution >= 0.6 is 0 Å². The fraction of sp³-hybridized carbons (Fsp3) is 0.167. The van der Waals surface area contributed by atoms with E-state index in [-0.39, 0.29) is 18.1 Å². The largest absolute Gasteiger partial charge is 0.354 e. The van der Waals surface area contributed by atoms with E-state index in [1.54, 1.807) is 18.1 Å². The molecule has 3 rings (SSSR count). The fourth-order valence-electron chi connectivity index (χ4n) is 2.23. The molecule has 0 aromatic heterocycles. The van der Waals surface area contributed by atoms with Crippen molar-refractivity contribution in [3.05, 3.63) is 78.0 Å². The zero-order chi connectivity index (χ0) is 14.7. The summed E-state index contributed by atoms with van der Waals surface area (Å²) in [7, 11) is 1.76. The van der Waals surface area contributed by atoms with E-state index in [1.165, 1.54) is 0 Å². The standard InChI is InChI=1S/C18H17NO2/c1-19(13-12-14-8-4-2-5-9-14)18(20)17-16(21-17)15-10-6-3-7-11-15/h2-13,16-17H,1H3/b13-12-/t16-,17+/m0/s1. The van der Waals surface area contributed by atoms with Gasteiger partial charge >= 0.3 is 0 Å². The minimum Gasteiger partial charge on any atom is -0.354 e. The van der Waals surface area contributed by atoms with Crippen molar-refractivity contribution < 1.29 is 9.53 Å². The lowest BCUT2D eigenvalue weighted by atomic mass is 10.1. The number of nitrogens with zero attached hydrogens (tertiary/aromatic N) is 1. The Morgan fingerprint density at radius 1 is 1.05 bits per heavy atom. The molecule has 3 heteroatoms. The monoisotopic (exact) mass is 279 g/mol. The highest BCUT2D eigenvalue weighted by Gasteiger charge is 2.46. The molecule has 1 aliphatic rings. The minimum absolute atomic E-state index is 0.0176. The summed E-state index contributed by atoms with van der Waals surface area (Å²) < 4.78 is 5.51. The third kappa shape index (κ3) is 3.20. The lowest BCUT2D eigenvalue weighted by molar-refractivity contribution is -0.128. The second-order valence-corrected chi connectivity index (χ2v) is 5.06. The predicted molar refractivity (Wildman–Crippen MR) is 82.3 cm³/mol. The molecule has 2 atom stereocenters. The number of rotatable bonds is 4. The first-order valence-electron chi connectivity index (χ1n) is 6.96. The van der Waals surface area contributed by atoms with Crippen molar-refractivity contribution in [1.29, 1.82) is 0 Å². The number of hydrogen-bond donors (Lipinski definition) is 0. The van der Waals surface area contributed by atoms with Gasteiger partial charge in [-0.15, -0.1) is 0 Å². The molecule has 0 unspecified atom stereocenters. The van der Waals surface area contributed by atoms with Crippen LogP contribution in [0.5, 0.6) is 0 Å². The van der Waals surface area contributed by atoms with E-state index >= 15 is 0 Å². The molecule has 0 saturated carbocycles. The van der Waals surface area contributed by atoms with Crippen molar-refractivity contribution in [2.45, 2.75) is 12.2 Å². The van der Waals surface area contributed by atoms with Crippen molar-refractivity contribution in [3.8, 4) is 0 Å². The summed E-state index contributed by atoms with van der Waals surface area (Å²) in [6, 6.07) is 19.7. The second kappa shape index (κ2) is 5.94. The number of carbonyl (C=O) groups excluding carboxylic acids is 1. The van der Waals surface area contributed by atoms with Gasteiger partial charge in [0.15, 0.2) is 6.10 Å². The topological polar surface area (TPSA) is 32.8 Å². The van der Waals surface area contributed by atoms with E-state index < -0.39 is 0 Å². The molecule has 3 nitrogen and oxygen atoms in total. The van der Waals surface area contributed by atoms with Crippen LogP contribution in [0.15, 0.2) is 66.9 Å². The van der Waals surface area contributed by atoms with Crippen molar-refractivity contribution in [2.24, 2.45) is 0 Å². The van der Waals surface area contributed by atoms with E-state index in [2.05, 4.69) is 0 Å². The number of hydrogen-bond acceptors (Lipinski definition) is 2. The van der Waals surface area contributed by atoms with Gasteiger partial charge < -0.3 is 9.64 Å². The van der Waals surface area contributed by atoms with Crippen LogP contribution in [0.3, 0.4) is 0 Å². The normalized spacial score (nSPS) is 20.4. The van der Waals surface area contributed by atoms with Crippen molar-refractivity contribution in [2.75, 3.05) is 7.05 Å². The van der Waals surface area contributed by atoms with Crippen LogP contribution in [0, 0.1) is 0 Å². The molecule has 1 heterocycles. The minimum atomic E-state index is -0.363. The second-order valence-electron chi connectivity index (χ2n) is 5.06. The molecule has 21 heavy (non-hydrogen) atoms. The summed E-state index contributed by atoms with van der Waals surface area (Å²) in [5, 5.41) is 0. The highest BCUT2D eigenvalue weighted by Crippen LogP contribution is 2.39. The number of benzene rings is 2. The summed E-state index contributed by atoms with van der Waals surface area (Å²) in [4.78, 5) is 13.8. The summed E-state index contributed by atoms with van der Waals surface area (Å²) in [6.45, 7) is 0. The van der Waals surface area contributed by atoms with Crippen LogP contribution in [0.4, 0.5) is 0 Å². The zero-order valence-electron chi connectivity index (χ0n) is 11.8. The average Bonchev–Trinajstić information content (AvgIpc) is 3.34. The maximum Gasteiger partial charge on any atom is 0.258 e. The Morgan fingerprint density at radius 3 is 2.33 bits per heavy atom. The van der Waals surface area contributed by atoms with Crippen molar-refractivity contribution in [1.82, 2.24) is 4.90 Å². The van der Waals surface area contributed by atoms with Crippen molar-refractivity contribution >= 4 is 12.0 Å². The van der Waals surface area contributed by atoms with Gasteiger partial charge in [-0.1, -0.05) is 60.7 Å². The Balaban J connectivity index is 1.60. The van der Waals surface area contributed by atoms with Crippen LogP contribution in [0.25, 0.3) is 6.08 Å². The molecule has 1 fully saturated rings.